The van der Waals surface area contributed by atoms with E-state index in [1.807, 2.05) is 6.54 Å². The Morgan fingerprint density at radius 3 is 2.29 bits per heavy atom. The summed E-state index contributed by atoms with van der Waals surface area (Å²) < 4.78 is 0. The molecule has 17 heavy (non-hydrogen) atoms. The minimum Gasteiger partial charge on any atom is -0.586 e. The van der Waals surface area contributed by atoms with E-state index in [4.69, 9.17) is 0 Å². The van der Waals surface area contributed by atoms with Crippen molar-refractivity contribution in [1.82, 2.24) is 4.90 Å². The van der Waals surface area contributed by atoms with E-state index in [9.17, 15) is 4.79 Å². The van der Waals surface area contributed by atoms with Crippen molar-refractivity contribution in [3.8, 4) is 0 Å². The number of hydrogen-bond donors (Lipinski definition) is 0. The first-order valence-electron chi connectivity index (χ1n) is 4.52. The summed E-state index contributed by atoms with van der Waals surface area (Å²) in [7, 11) is 0. The molecule has 1 aliphatic carbocycles. The Morgan fingerprint density at radius 1 is 1.29 bits per heavy atom. The molecule has 0 aromatic rings. The molecule has 0 N–H and O–H groups in total. The third kappa shape index (κ3) is 3.57. The van der Waals surface area contributed by atoms with Gasteiger partial charge in [-0.25, -0.2) is 0 Å². The van der Waals surface area contributed by atoms with Crippen LogP contribution in [-0.4, -0.2) is 23.0 Å². The Hall–Kier alpha value is 2.02. The molecule has 2 heterocycles. The second-order valence-electron chi connectivity index (χ2n) is 4.46. The molecule has 3 fully saturated rings. The molecule has 7 heteroatoms. The molecule has 0 radical (unpaired) electrons. The molecule has 2 bridgehead atoms. The zero-order chi connectivity index (χ0) is 8.40. The number of amides is 2. The number of nitrogens with zero attached hydrogens (tertiary/aromatic N) is 2. The largest absolute Gasteiger partial charge is 2.00 e. The summed E-state index contributed by atoms with van der Waals surface area (Å²) in [5.41, 5.74) is 0.314. The molecular weight excluding hydrogens is 899 g/mol. The monoisotopic (exact) mass is 915 g/mol. The van der Waals surface area contributed by atoms with Gasteiger partial charge in [0.05, 0.1) is 0 Å². The summed E-state index contributed by atoms with van der Waals surface area (Å²) in [6, 6.07) is -0.0266. The molecule has 1 saturated carbocycles. The maximum Gasteiger partial charge on any atom is 2.00 e. The fourth-order valence-corrected chi connectivity index (χ4v) is 2.54. The Kier molecular flexibility index (Phi) is 10.9. The minimum absolute atomic E-state index is 0. The molecule has 2 amide bonds. The zero-order valence-electron chi connectivity index (χ0n) is 9.84. The number of carbonyl (C=O) groups excluding carboxylic acids is 1. The van der Waals surface area contributed by atoms with Gasteiger partial charge in [-0.2, -0.15) is 6.42 Å². The van der Waals surface area contributed by atoms with Crippen LogP contribution in [0.3, 0.4) is 0 Å². The van der Waals surface area contributed by atoms with E-state index < -0.39 is 0 Å². The molecule has 0 aromatic carbocycles. The average molecular weight is 915 g/mol. The minimum atomic E-state index is -0.0567. The van der Waals surface area contributed by atoms with Gasteiger partial charge in [0.15, 0.2) is 0 Å². The SMILES string of the molecule is C[C@]12CN([CH-]CC13CC3)C(=O)[N-]2.[CH3-].[W+2].[W].[W].[W]. The van der Waals surface area contributed by atoms with Gasteiger partial charge in [0.25, 0.3) is 0 Å². The smallest absolute Gasteiger partial charge is 0.586 e. The van der Waals surface area contributed by atoms with Gasteiger partial charge in [0.1, 0.15) is 6.03 Å². The van der Waals surface area contributed by atoms with Gasteiger partial charge >= 0.3 is 21.1 Å². The summed E-state index contributed by atoms with van der Waals surface area (Å²) in [5, 5.41) is 4.25. The molecule has 2 aliphatic heterocycles. The summed E-state index contributed by atoms with van der Waals surface area (Å²) in [4.78, 5) is 13.1. The molecule has 2 saturated heterocycles. The normalized spacial score (nSPS) is 29.5. The van der Waals surface area contributed by atoms with Gasteiger partial charge in [-0.3, -0.25) is 0 Å². The molecule has 96 valence electrons. The zero-order valence-corrected chi connectivity index (χ0v) is 21.6. The van der Waals surface area contributed by atoms with Crippen molar-refractivity contribution in [1.29, 1.82) is 0 Å². The van der Waals surface area contributed by atoms with Crippen LogP contribution in [0.5, 0.6) is 0 Å². The van der Waals surface area contributed by atoms with Crippen molar-refractivity contribution >= 4 is 6.03 Å². The molecule has 3 nitrogen and oxygen atoms in total. The summed E-state index contributed by atoms with van der Waals surface area (Å²) >= 11 is 0. The van der Waals surface area contributed by atoms with Gasteiger partial charge in [-0.05, 0) is 18.4 Å². The molecule has 0 unspecified atom stereocenters. The van der Waals surface area contributed by atoms with Crippen LogP contribution in [-0.2, 0) is 84.3 Å². The van der Waals surface area contributed by atoms with E-state index >= 15 is 0 Å². The predicted molar refractivity (Wildman–Crippen MR) is 50.9 cm³/mol. The van der Waals surface area contributed by atoms with Crippen LogP contribution in [0.1, 0.15) is 26.2 Å². The first kappa shape index (κ1) is 24.1. The van der Waals surface area contributed by atoms with E-state index in [2.05, 4.69) is 12.2 Å². The van der Waals surface area contributed by atoms with E-state index in [1.165, 1.54) is 12.8 Å². The molecule has 0 aromatic heterocycles. The van der Waals surface area contributed by atoms with Crippen LogP contribution in [0.25, 0.3) is 5.32 Å². The number of fused-ring (bicyclic) bond motifs is 3. The second-order valence-corrected chi connectivity index (χ2v) is 4.46. The van der Waals surface area contributed by atoms with Crippen LogP contribution in [0.15, 0.2) is 0 Å². The topological polar surface area (TPSA) is 34.4 Å². The number of piperidine rings is 1. The van der Waals surface area contributed by atoms with Crippen LogP contribution in [0.2, 0.25) is 0 Å². The van der Waals surface area contributed by atoms with Crippen molar-refractivity contribution in [3.05, 3.63) is 19.3 Å². The van der Waals surface area contributed by atoms with Gasteiger partial charge in [-0.15, -0.1) is 0 Å². The Bertz CT molecular complexity index is 273. The maximum absolute atomic E-state index is 11.3. The van der Waals surface area contributed by atoms with Crippen molar-refractivity contribution < 1.29 is 89.1 Å². The van der Waals surface area contributed by atoms with Crippen LogP contribution < -0.4 is 0 Å². The van der Waals surface area contributed by atoms with Gasteiger partial charge < -0.3 is 29.0 Å². The van der Waals surface area contributed by atoms with Crippen molar-refractivity contribution in [2.45, 2.75) is 31.7 Å². The van der Waals surface area contributed by atoms with Crippen LogP contribution in [0, 0.1) is 19.4 Å². The van der Waals surface area contributed by atoms with Crippen LogP contribution >= 0.6 is 0 Å². The van der Waals surface area contributed by atoms with Gasteiger partial charge in [0, 0.05) is 63.2 Å². The first-order valence-corrected chi connectivity index (χ1v) is 4.52. The number of carbonyl (C=O) groups is 1. The Morgan fingerprint density at radius 2 is 1.82 bits per heavy atom. The predicted octanol–water partition coefficient (Wildman–Crippen LogP) is 2.34. The summed E-state index contributed by atoms with van der Waals surface area (Å²) in [6.07, 6.45) is 3.56. The molecule has 1 spiro atoms. The molecular formula is C10H15N2OW4-. The average Bonchev–Trinajstić information content (AvgIpc) is 2.73. The van der Waals surface area contributed by atoms with Gasteiger partial charge in [0.2, 0.25) is 0 Å². The van der Waals surface area contributed by atoms with Crippen LogP contribution in [0.4, 0.5) is 4.79 Å². The van der Waals surface area contributed by atoms with Crippen molar-refractivity contribution in [3.63, 3.8) is 0 Å². The van der Waals surface area contributed by atoms with Crippen molar-refractivity contribution in [2.75, 3.05) is 6.54 Å². The van der Waals surface area contributed by atoms with E-state index in [1.54, 1.807) is 4.90 Å². The Balaban J connectivity index is -0.000000392. The first-order chi connectivity index (χ1) is 5.65. The number of rotatable bonds is 0. The maximum atomic E-state index is 11.3. The van der Waals surface area contributed by atoms with E-state index in [-0.39, 0.29) is 103 Å². The third-order valence-electron chi connectivity index (χ3n) is 3.76. The second kappa shape index (κ2) is 7.71. The molecule has 1 atom stereocenters. The number of hydrogen-bond acceptors (Lipinski definition) is 1. The summed E-state index contributed by atoms with van der Waals surface area (Å²) in [5.74, 6) is 0. The quantitative estimate of drug-likeness (QED) is 0.345. The number of urea groups is 1. The van der Waals surface area contributed by atoms with E-state index in [0.717, 1.165) is 13.0 Å². The molecule has 3 aliphatic rings. The van der Waals surface area contributed by atoms with Gasteiger partial charge in [-0.1, -0.05) is 18.9 Å². The molecule has 3 rings (SSSR count). The summed E-state index contributed by atoms with van der Waals surface area (Å²) in [6.45, 7) is 4.99. The van der Waals surface area contributed by atoms with Crippen molar-refractivity contribution in [2.24, 2.45) is 5.41 Å². The Labute approximate surface area is 161 Å². The standard InChI is InChI=1S/C9H13N2O.CH3.4W/c1-8-6-11(7(12)10-8)5-4-9(8)2-3-9;;;;;/h5H,2-4,6H2,1H3,(H,10,12);1H3;;;;/q2*-1;;;;+2/p-1/t8-;;;;;/m0...../s1. The van der Waals surface area contributed by atoms with E-state index in [0.29, 0.717) is 5.41 Å². The fraction of sp³-hybridized carbons (Fsp3) is 0.700. The third-order valence-corrected chi connectivity index (χ3v) is 3.76. The fourth-order valence-electron chi connectivity index (χ4n) is 2.54.